The molecule has 1 saturated heterocycles. The monoisotopic (exact) mass is 267 g/mol. The lowest BCUT2D eigenvalue weighted by Gasteiger charge is -2.32. The van der Waals surface area contributed by atoms with Gasteiger partial charge in [-0.3, -0.25) is 10.1 Å². The van der Waals surface area contributed by atoms with E-state index in [0.29, 0.717) is 19.7 Å². The van der Waals surface area contributed by atoms with Crippen molar-refractivity contribution in [3.63, 3.8) is 0 Å². The van der Waals surface area contributed by atoms with Crippen molar-refractivity contribution in [2.24, 2.45) is 0 Å². The molecule has 2 aliphatic rings. The molecule has 0 aromatic heterocycles. The fraction of sp³-hybridized carbons (Fsp3) is 0.692. The highest BCUT2D eigenvalue weighted by Crippen LogP contribution is 2.12. The quantitative estimate of drug-likeness (QED) is 0.719. The standard InChI is InChI=1S/C13H21N3O3/c1-2-19-13(18)16-8-5-10(6-9-16)15-12(17)11-4-3-7-14-11/h3-4,10-11,14H,2,5-9H2,1H3,(H,15,17). The summed E-state index contributed by atoms with van der Waals surface area (Å²) in [6, 6.07) is -0.0583. The van der Waals surface area contributed by atoms with E-state index in [-0.39, 0.29) is 24.1 Å². The van der Waals surface area contributed by atoms with Crippen LogP contribution in [0.2, 0.25) is 0 Å². The smallest absolute Gasteiger partial charge is 0.409 e. The van der Waals surface area contributed by atoms with Crippen molar-refractivity contribution in [3.05, 3.63) is 12.2 Å². The van der Waals surface area contributed by atoms with E-state index in [4.69, 9.17) is 4.74 Å². The van der Waals surface area contributed by atoms with Gasteiger partial charge in [0.1, 0.15) is 6.04 Å². The van der Waals surface area contributed by atoms with Gasteiger partial charge in [-0.05, 0) is 19.8 Å². The summed E-state index contributed by atoms with van der Waals surface area (Å²) in [6.07, 6.45) is 5.13. The van der Waals surface area contributed by atoms with Crippen LogP contribution in [0.5, 0.6) is 0 Å². The van der Waals surface area contributed by atoms with Crippen molar-refractivity contribution >= 4 is 12.0 Å². The lowest BCUT2D eigenvalue weighted by molar-refractivity contribution is -0.122. The third kappa shape index (κ3) is 3.70. The molecule has 0 saturated carbocycles. The molecule has 0 aromatic rings. The van der Waals surface area contributed by atoms with Crippen LogP contribution in [0.25, 0.3) is 0 Å². The van der Waals surface area contributed by atoms with E-state index in [1.165, 1.54) is 0 Å². The highest BCUT2D eigenvalue weighted by atomic mass is 16.6. The van der Waals surface area contributed by atoms with Gasteiger partial charge in [0.2, 0.25) is 5.91 Å². The van der Waals surface area contributed by atoms with Gasteiger partial charge in [0.25, 0.3) is 0 Å². The van der Waals surface area contributed by atoms with Crippen molar-refractivity contribution < 1.29 is 14.3 Å². The molecule has 2 amide bonds. The summed E-state index contributed by atoms with van der Waals surface area (Å²) in [6.45, 7) is 4.22. The minimum atomic E-state index is -0.257. The molecular formula is C13H21N3O3. The molecule has 2 rings (SSSR count). The molecule has 1 unspecified atom stereocenters. The molecule has 106 valence electrons. The maximum absolute atomic E-state index is 11.9. The van der Waals surface area contributed by atoms with Gasteiger partial charge >= 0.3 is 6.09 Å². The average Bonchev–Trinajstić information content (AvgIpc) is 2.94. The summed E-state index contributed by atoms with van der Waals surface area (Å²) in [7, 11) is 0. The molecule has 2 aliphatic heterocycles. The van der Waals surface area contributed by atoms with Crippen molar-refractivity contribution in [2.45, 2.75) is 31.8 Å². The molecule has 2 N–H and O–H groups in total. The Balaban J connectivity index is 1.72. The van der Waals surface area contributed by atoms with Crippen LogP contribution in [0.4, 0.5) is 4.79 Å². The summed E-state index contributed by atoms with van der Waals surface area (Å²) in [5, 5.41) is 6.10. The Morgan fingerprint density at radius 3 is 2.74 bits per heavy atom. The molecule has 0 bridgehead atoms. The third-order valence-corrected chi connectivity index (χ3v) is 3.43. The molecule has 2 heterocycles. The van der Waals surface area contributed by atoms with E-state index in [1.54, 1.807) is 11.8 Å². The zero-order valence-electron chi connectivity index (χ0n) is 11.2. The molecule has 0 spiro atoms. The zero-order chi connectivity index (χ0) is 13.7. The van der Waals surface area contributed by atoms with Gasteiger partial charge in [0.05, 0.1) is 6.61 Å². The maximum atomic E-state index is 11.9. The van der Waals surface area contributed by atoms with Crippen LogP contribution in [-0.4, -0.2) is 55.2 Å². The van der Waals surface area contributed by atoms with E-state index in [0.717, 1.165) is 19.4 Å². The maximum Gasteiger partial charge on any atom is 0.409 e. The van der Waals surface area contributed by atoms with E-state index in [2.05, 4.69) is 10.6 Å². The number of hydrogen-bond acceptors (Lipinski definition) is 4. The fourth-order valence-corrected chi connectivity index (χ4v) is 2.36. The number of carbonyl (C=O) groups excluding carboxylic acids is 2. The largest absolute Gasteiger partial charge is 0.450 e. The van der Waals surface area contributed by atoms with Crippen molar-refractivity contribution in [1.29, 1.82) is 0 Å². The number of nitrogens with one attached hydrogen (secondary N) is 2. The van der Waals surface area contributed by atoms with Gasteiger partial charge in [-0.1, -0.05) is 12.2 Å². The molecule has 0 radical (unpaired) electrons. The number of amides is 2. The Morgan fingerprint density at radius 2 is 2.16 bits per heavy atom. The zero-order valence-corrected chi connectivity index (χ0v) is 11.2. The Bertz CT molecular complexity index is 362. The number of likely N-dealkylation sites (tertiary alicyclic amines) is 1. The summed E-state index contributed by atoms with van der Waals surface area (Å²) in [5.41, 5.74) is 0. The average molecular weight is 267 g/mol. The summed E-state index contributed by atoms with van der Waals surface area (Å²) < 4.78 is 4.96. The highest BCUT2D eigenvalue weighted by molar-refractivity contribution is 5.84. The van der Waals surface area contributed by atoms with Gasteiger partial charge in [-0.15, -0.1) is 0 Å². The Hall–Kier alpha value is -1.56. The number of hydrogen-bond donors (Lipinski definition) is 2. The summed E-state index contributed by atoms with van der Waals surface area (Å²) in [5.74, 6) is 0.0170. The van der Waals surface area contributed by atoms with Crippen molar-refractivity contribution in [1.82, 2.24) is 15.5 Å². The minimum Gasteiger partial charge on any atom is -0.450 e. The van der Waals surface area contributed by atoms with E-state index < -0.39 is 0 Å². The Labute approximate surface area is 113 Å². The highest BCUT2D eigenvalue weighted by Gasteiger charge is 2.26. The van der Waals surface area contributed by atoms with Crippen LogP contribution < -0.4 is 10.6 Å². The first-order valence-electron chi connectivity index (χ1n) is 6.83. The first-order valence-corrected chi connectivity index (χ1v) is 6.83. The number of piperidine rings is 1. The normalized spacial score (nSPS) is 23.4. The van der Waals surface area contributed by atoms with Gasteiger partial charge in [-0.25, -0.2) is 4.79 Å². The van der Waals surface area contributed by atoms with Crippen LogP contribution >= 0.6 is 0 Å². The molecule has 19 heavy (non-hydrogen) atoms. The Kier molecular flexibility index (Phi) is 4.79. The lowest BCUT2D eigenvalue weighted by atomic mass is 10.0. The van der Waals surface area contributed by atoms with Crippen LogP contribution in [0, 0.1) is 0 Å². The van der Waals surface area contributed by atoms with E-state index in [9.17, 15) is 9.59 Å². The Morgan fingerprint density at radius 1 is 1.42 bits per heavy atom. The minimum absolute atomic E-state index is 0.0170. The second-order valence-electron chi connectivity index (χ2n) is 4.78. The number of ether oxygens (including phenoxy) is 1. The second kappa shape index (κ2) is 6.56. The van der Waals surface area contributed by atoms with Gasteiger partial charge in [-0.2, -0.15) is 0 Å². The molecule has 0 aromatic carbocycles. The predicted molar refractivity (Wildman–Crippen MR) is 70.7 cm³/mol. The van der Waals surface area contributed by atoms with Gasteiger partial charge in [0, 0.05) is 25.7 Å². The van der Waals surface area contributed by atoms with E-state index in [1.807, 2.05) is 12.2 Å². The van der Waals surface area contributed by atoms with Gasteiger partial charge in [0.15, 0.2) is 0 Å². The van der Waals surface area contributed by atoms with Crippen LogP contribution in [0.3, 0.4) is 0 Å². The molecule has 1 atom stereocenters. The molecule has 6 heteroatoms. The van der Waals surface area contributed by atoms with E-state index >= 15 is 0 Å². The van der Waals surface area contributed by atoms with Crippen molar-refractivity contribution in [2.75, 3.05) is 26.2 Å². The predicted octanol–water partition coefficient (Wildman–Crippen LogP) is 0.252. The number of rotatable bonds is 3. The topological polar surface area (TPSA) is 70.7 Å². The number of carbonyl (C=O) groups is 2. The lowest BCUT2D eigenvalue weighted by Crippen LogP contribution is -2.50. The van der Waals surface area contributed by atoms with Crippen LogP contribution in [-0.2, 0) is 9.53 Å². The molecule has 6 nitrogen and oxygen atoms in total. The SMILES string of the molecule is CCOC(=O)N1CCC(NC(=O)C2C=CCN2)CC1. The van der Waals surface area contributed by atoms with Crippen molar-refractivity contribution in [3.8, 4) is 0 Å². The first-order chi connectivity index (χ1) is 9.20. The number of nitrogens with zero attached hydrogens (tertiary/aromatic N) is 1. The summed E-state index contributed by atoms with van der Waals surface area (Å²) in [4.78, 5) is 25.1. The van der Waals surface area contributed by atoms with Gasteiger partial charge < -0.3 is 15.0 Å². The fourth-order valence-electron chi connectivity index (χ4n) is 2.36. The van der Waals surface area contributed by atoms with Crippen LogP contribution in [0.1, 0.15) is 19.8 Å². The third-order valence-electron chi connectivity index (χ3n) is 3.43. The van der Waals surface area contributed by atoms with Crippen LogP contribution in [0.15, 0.2) is 12.2 Å². The molecule has 0 aliphatic carbocycles. The summed E-state index contributed by atoms with van der Waals surface area (Å²) >= 11 is 0. The molecular weight excluding hydrogens is 246 g/mol. The molecule has 1 fully saturated rings. The second-order valence-corrected chi connectivity index (χ2v) is 4.78. The first kappa shape index (κ1) is 13.9.